The van der Waals surface area contributed by atoms with Crippen LogP contribution in [0.4, 0.5) is 0 Å². The average Bonchev–Trinajstić information content (AvgIpc) is 2.17. The molecule has 0 bridgehead atoms. The molecule has 13 heavy (non-hydrogen) atoms. The molecule has 0 amide bonds. The maximum atomic E-state index is 5.47. The van der Waals surface area contributed by atoms with E-state index in [-0.39, 0.29) is 0 Å². The van der Waals surface area contributed by atoms with Crippen molar-refractivity contribution >= 4 is 0 Å². The zero-order chi connectivity index (χ0) is 9.52. The molecule has 0 atom stereocenters. The second kappa shape index (κ2) is 5.56. The first-order chi connectivity index (χ1) is 6.38. The quantitative estimate of drug-likeness (QED) is 0.670. The van der Waals surface area contributed by atoms with E-state index in [1.807, 2.05) is 32.2 Å². The van der Waals surface area contributed by atoms with Crippen LogP contribution in [0.15, 0.2) is 24.3 Å². The Morgan fingerprint density at radius 1 is 1.31 bits per heavy atom. The number of nitrogens with one attached hydrogen (secondary N) is 2. The fourth-order valence-corrected chi connectivity index (χ4v) is 1.13. The van der Waals surface area contributed by atoms with Crippen molar-refractivity contribution in [1.82, 2.24) is 10.9 Å². The molecule has 2 N–H and O–H groups in total. The SMILES string of the molecule is CCOc1ccccc1CNNC. The summed E-state index contributed by atoms with van der Waals surface area (Å²) in [5.74, 6) is 0.952. The monoisotopic (exact) mass is 180 g/mol. The lowest BCUT2D eigenvalue weighted by atomic mass is 10.2. The van der Waals surface area contributed by atoms with E-state index in [0.29, 0.717) is 6.61 Å². The summed E-state index contributed by atoms with van der Waals surface area (Å²) >= 11 is 0. The van der Waals surface area contributed by atoms with Crippen molar-refractivity contribution in [2.24, 2.45) is 0 Å². The van der Waals surface area contributed by atoms with E-state index in [0.717, 1.165) is 12.3 Å². The number of rotatable bonds is 5. The standard InChI is InChI=1S/C10H16N2O/c1-3-13-10-7-5-4-6-9(10)8-12-11-2/h4-7,11-12H,3,8H2,1-2H3. The van der Waals surface area contributed by atoms with Crippen LogP contribution in [-0.4, -0.2) is 13.7 Å². The molecule has 0 aromatic heterocycles. The predicted octanol–water partition coefficient (Wildman–Crippen LogP) is 1.31. The minimum absolute atomic E-state index is 0.705. The third-order valence-corrected chi connectivity index (χ3v) is 1.73. The zero-order valence-electron chi connectivity index (χ0n) is 8.13. The minimum Gasteiger partial charge on any atom is -0.494 e. The lowest BCUT2D eigenvalue weighted by molar-refractivity contribution is 0.335. The topological polar surface area (TPSA) is 33.3 Å². The smallest absolute Gasteiger partial charge is 0.123 e. The highest BCUT2D eigenvalue weighted by molar-refractivity contribution is 5.32. The Labute approximate surface area is 79.1 Å². The summed E-state index contributed by atoms with van der Waals surface area (Å²) in [4.78, 5) is 0. The van der Waals surface area contributed by atoms with E-state index >= 15 is 0 Å². The van der Waals surface area contributed by atoms with Crippen molar-refractivity contribution in [3.8, 4) is 5.75 Å². The van der Waals surface area contributed by atoms with Gasteiger partial charge in [0.05, 0.1) is 6.61 Å². The molecule has 3 heteroatoms. The molecule has 0 fully saturated rings. The molecule has 0 radical (unpaired) electrons. The number of para-hydroxylation sites is 1. The first kappa shape index (κ1) is 10.0. The van der Waals surface area contributed by atoms with Gasteiger partial charge in [-0.3, -0.25) is 10.9 Å². The molecule has 0 aliphatic carbocycles. The van der Waals surface area contributed by atoms with Crippen molar-refractivity contribution < 1.29 is 4.74 Å². The number of hydrazine groups is 1. The van der Waals surface area contributed by atoms with Gasteiger partial charge < -0.3 is 4.74 Å². The second-order valence-electron chi connectivity index (χ2n) is 2.64. The van der Waals surface area contributed by atoms with E-state index in [2.05, 4.69) is 16.9 Å². The van der Waals surface area contributed by atoms with Crippen LogP contribution in [0.5, 0.6) is 5.75 Å². The van der Waals surface area contributed by atoms with E-state index < -0.39 is 0 Å². The summed E-state index contributed by atoms with van der Waals surface area (Å²) in [6, 6.07) is 8.02. The lowest BCUT2D eigenvalue weighted by Crippen LogP contribution is -2.26. The van der Waals surface area contributed by atoms with Crippen LogP contribution in [0.25, 0.3) is 0 Å². The average molecular weight is 180 g/mol. The molecule has 0 aliphatic heterocycles. The zero-order valence-corrected chi connectivity index (χ0v) is 8.13. The van der Waals surface area contributed by atoms with Gasteiger partial charge in [0.15, 0.2) is 0 Å². The molecule has 72 valence electrons. The summed E-state index contributed by atoms with van der Waals surface area (Å²) < 4.78 is 5.47. The number of hydrogen-bond donors (Lipinski definition) is 2. The molecule has 0 spiro atoms. The summed E-state index contributed by atoms with van der Waals surface area (Å²) in [6.07, 6.45) is 0. The summed E-state index contributed by atoms with van der Waals surface area (Å²) in [7, 11) is 1.85. The Balaban J connectivity index is 2.66. The Morgan fingerprint density at radius 3 is 2.77 bits per heavy atom. The van der Waals surface area contributed by atoms with Gasteiger partial charge in [0.1, 0.15) is 5.75 Å². The van der Waals surface area contributed by atoms with E-state index in [9.17, 15) is 0 Å². The van der Waals surface area contributed by atoms with Gasteiger partial charge in [0.25, 0.3) is 0 Å². The van der Waals surface area contributed by atoms with Crippen LogP contribution in [0.2, 0.25) is 0 Å². The third-order valence-electron chi connectivity index (χ3n) is 1.73. The maximum absolute atomic E-state index is 5.47. The second-order valence-corrected chi connectivity index (χ2v) is 2.64. The van der Waals surface area contributed by atoms with Gasteiger partial charge in [0.2, 0.25) is 0 Å². The van der Waals surface area contributed by atoms with Crippen LogP contribution >= 0.6 is 0 Å². The molecule has 1 aromatic carbocycles. The van der Waals surface area contributed by atoms with Crippen LogP contribution in [0.1, 0.15) is 12.5 Å². The van der Waals surface area contributed by atoms with E-state index in [1.165, 1.54) is 5.56 Å². The number of hydrogen-bond acceptors (Lipinski definition) is 3. The normalized spacial score (nSPS) is 10.0. The predicted molar refractivity (Wildman–Crippen MR) is 53.5 cm³/mol. The molecule has 0 aliphatic rings. The number of ether oxygens (including phenoxy) is 1. The van der Waals surface area contributed by atoms with Gasteiger partial charge in [-0.05, 0) is 20.0 Å². The van der Waals surface area contributed by atoms with Crippen LogP contribution < -0.4 is 15.6 Å². The van der Waals surface area contributed by atoms with Gasteiger partial charge in [-0.25, -0.2) is 0 Å². The Bertz CT molecular complexity index is 250. The van der Waals surface area contributed by atoms with Gasteiger partial charge in [0, 0.05) is 12.1 Å². The fourth-order valence-electron chi connectivity index (χ4n) is 1.13. The third kappa shape index (κ3) is 3.05. The van der Waals surface area contributed by atoms with Gasteiger partial charge >= 0.3 is 0 Å². The van der Waals surface area contributed by atoms with Crippen molar-refractivity contribution in [3.63, 3.8) is 0 Å². The highest BCUT2D eigenvalue weighted by Gasteiger charge is 1.99. The fraction of sp³-hybridized carbons (Fsp3) is 0.400. The Morgan fingerprint density at radius 2 is 2.08 bits per heavy atom. The highest BCUT2D eigenvalue weighted by atomic mass is 16.5. The molecule has 0 saturated carbocycles. The molecular formula is C10H16N2O. The van der Waals surface area contributed by atoms with Crippen LogP contribution in [0, 0.1) is 0 Å². The molecule has 3 nitrogen and oxygen atoms in total. The van der Waals surface area contributed by atoms with Crippen molar-refractivity contribution in [3.05, 3.63) is 29.8 Å². The summed E-state index contributed by atoms with van der Waals surface area (Å²) in [6.45, 7) is 3.46. The first-order valence-electron chi connectivity index (χ1n) is 4.48. The minimum atomic E-state index is 0.705. The van der Waals surface area contributed by atoms with Crippen molar-refractivity contribution in [1.29, 1.82) is 0 Å². The maximum Gasteiger partial charge on any atom is 0.123 e. The van der Waals surface area contributed by atoms with E-state index in [4.69, 9.17) is 4.74 Å². The van der Waals surface area contributed by atoms with Crippen molar-refractivity contribution in [2.45, 2.75) is 13.5 Å². The highest BCUT2D eigenvalue weighted by Crippen LogP contribution is 2.16. The van der Waals surface area contributed by atoms with Gasteiger partial charge in [-0.1, -0.05) is 18.2 Å². The number of benzene rings is 1. The molecule has 0 heterocycles. The lowest BCUT2D eigenvalue weighted by Gasteiger charge is -2.09. The van der Waals surface area contributed by atoms with E-state index in [1.54, 1.807) is 0 Å². The molecule has 1 rings (SSSR count). The molecule has 0 unspecified atom stereocenters. The van der Waals surface area contributed by atoms with Gasteiger partial charge in [-0.2, -0.15) is 0 Å². The molecule has 1 aromatic rings. The Kier molecular flexibility index (Phi) is 4.29. The largest absolute Gasteiger partial charge is 0.494 e. The summed E-state index contributed by atoms with van der Waals surface area (Å²) in [5.41, 5.74) is 7.08. The van der Waals surface area contributed by atoms with Gasteiger partial charge in [-0.15, -0.1) is 0 Å². The first-order valence-corrected chi connectivity index (χ1v) is 4.48. The Hall–Kier alpha value is -1.06. The summed E-state index contributed by atoms with van der Waals surface area (Å²) in [5, 5.41) is 0. The van der Waals surface area contributed by atoms with Crippen molar-refractivity contribution in [2.75, 3.05) is 13.7 Å². The molecular weight excluding hydrogens is 164 g/mol. The van der Waals surface area contributed by atoms with Crippen LogP contribution in [0.3, 0.4) is 0 Å². The molecule has 0 saturated heterocycles. The van der Waals surface area contributed by atoms with Crippen LogP contribution in [-0.2, 0) is 6.54 Å².